The second-order valence-electron chi connectivity index (χ2n) is 1.63. The normalized spacial score (nSPS) is 11.1. The number of aliphatic carboxylic acids is 2. The van der Waals surface area contributed by atoms with Crippen molar-refractivity contribution in [1.29, 1.82) is 0 Å². The summed E-state index contributed by atoms with van der Waals surface area (Å²) in [6.45, 7) is 1.52. The van der Waals surface area contributed by atoms with E-state index in [9.17, 15) is 19.8 Å². The van der Waals surface area contributed by atoms with Crippen LogP contribution in [-0.4, -0.2) is 11.9 Å². The van der Waals surface area contributed by atoms with Crippen molar-refractivity contribution in [3.05, 3.63) is 11.6 Å². The van der Waals surface area contributed by atoms with E-state index in [1.165, 1.54) is 6.92 Å². The first kappa shape index (κ1) is 8.68. The first-order chi connectivity index (χ1) is 4.57. The van der Waals surface area contributed by atoms with Gasteiger partial charge in [0, 0.05) is 0 Å². The third-order valence-electron chi connectivity index (χ3n) is 0.935. The SMILES string of the molecule is CC/C(=C\C(=O)[O-])C(=O)[O-]. The molecule has 0 aliphatic rings. The van der Waals surface area contributed by atoms with Crippen molar-refractivity contribution < 1.29 is 19.8 Å². The molecule has 0 saturated heterocycles. The maximum atomic E-state index is 10.00. The summed E-state index contributed by atoms with van der Waals surface area (Å²) in [5.74, 6) is -2.98. The summed E-state index contributed by atoms with van der Waals surface area (Å²) in [5, 5.41) is 19.8. The van der Waals surface area contributed by atoms with Crippen LogP contribution in [0.4, 0.5) is 0 Å². The quantitative estimate of drug-likeness (QED) is 0.420. The fourth-order valence-corrected chi connectivity index (χ4v) is 0.448. The third-order valence-corrected chi connectivity index (χ3v) is 0.935. The molecule has 0 N–H and O–H groups in total. The molecule has 0 atom stereocenters. The lowest BCUT2D eigenvalue weighted by molar-refractivity contribution is -0.303. The van der Waals surface area contributed by atoms with Crippen LogP contribution in [0.15, 0.2) is 11.6 Å². The number of hydrogen-bond donors (Lipinski definition) is 0. The molecule has 0 aromatic carbocycles. The van der Waals surface area contributed by atoms with Crippen LogP contribution in [0.5, 0.6) is 0 Å². The van der Waals surface area contributed by atoms with Crippen LogP contribution in [0.3, 0.4) is 0 Å². The van der Waals surface area contributed by atoms with E-state index >= 15 is 0 Å². The van der Waals surface area contributed by atoms with Crippen molar-refractivity contribution >= 4 is 11.9 Å². The second kappa shape index (κ2) is 3.66. The Kier molecular flexibility index (Phi) is 3.17. The minimum atomic E-state index is -1.51. The zero-order chi connectivity index (χ0) is 8.15. The van der Waals surface area contributed by atoms with Crippen LogP contribution < -0.4 is 10.2 Å². The average molecular weight is 142 g/mol. The summed E-state index contributed by atoms with van der Waals surface area (Å²) in [5.41, 5.74) is -0.264. The Morgan fingerprint density at radius 3 is 2.00 bits per heavy atom. The molecular formula is C6H6O4-2. The number of carbonyl (C=O) groups excluding carboxylic acids is 2. The molecule has 4 nitrogen and oxygen atoms in total. The highest BCUT2D eigenvalue weighted by Gasteiger charge is 1.92. The maximum absolute atomic E-state index is 10.00. The van der Waals surface area contributed by atoms with Crippen molar-refractivity contribution in [1.82, 2.24) is 0 Å². The van der Waals surface area contributed by atoms with Gasteiger partial charge < -0.3 is 19.8 Å². The highest BCUT2D eigenvalue weighted by Crippen LogP contribution is 1.96. The number of carboxylic acids is 2. The highest BCUT2D eigenvalue weighted by atomic mass is 16.4. The fourth-order valence-electron chi connectivity index (χ4n) is 0.448. The molecule has 0 bridgehead atoms. The molecule has 0 aliphatic carbocycles. The largest absolute Gasteiger partial charge is 0.545 e. The van der Waals surface area contributed by atoms with Crippen molar-refractivity contribution in [3.63, 3.8) is 0 Å². The van der Waals surface area contributed by atoms with E-state index < -0.39 is 11.9 Å². The predicted molar refractivity (Wildman–Crippen MR) is 28.4 cm³/mol. The van der Waals surface area contributed by atoms with E-state index in [0.29, 0.717) is 6.08 Å². The van der Waals surface area contributed by atoms with Gasteiger partial charge in [-0.3, -0.25) is 0 Å². The lowest BCUT2D eigenvalue weighted by atomic mass is 10.2. The Hall–Kier alpha value is -1.32. The predicted octanol–water partition coefficient (Wildman–Crippen LogP) is -2.18. The number of rotatable bonds is 3. The molecule has 0 spiro atoms. The van der Waals surface area contributed by atoms with Crippen molar-refractivity contribution in [2.24, 2.45) is 0 Å². The molecule has 4 heteroatoms. The molecule has 0 rings (SSSR count). The van der Waals surface area contributed by atoms with Crippen LogP contribution in [0.1, 0.15) is 13.3 Å². The minimum Gasteiger partial charge on any atom is -0.545 e. The van der Waals surface area contributed by atoms with Crippen LogP contribution in [0.2, 0.25) is 0 Å². The summed E-state index contributed by atoms with van der Waals surface area (Å²) in [4.78, 5) is 19.8. The molecule has 0 aromatic heterocycles. The molecule has 56 valence electrons. The minimum absolute atomic E-state index is 0.121. The first-order valence-electron chi connectivity index (χ1n) is 2.70. The molecule has 0 unspecified atom stereocenters. The lowest BCUT2D eigenvalue weighted by Crippen LogP contribution is -2.27. The van der Waals surface area contributed by atoms with Crippen LogP contribution >= 0.6 is 0 Å². The highest BCUT2D eigenvalue weighted by molar-refractivity contribution is 5.92. The van der Waals surface area contributed by atoms with Crippen LogP contribution in [0, 0.1) is 0 Å². The van der Waals surface area contributed by atoms with Crippen molar-refractivity contribution in [3.8, 4) is 0 Å². The van der Waals surface area contributed by atoms with E-state index in [4.69, 9.17) is 0 Å². The standard InChI is InChI=1S/C6H8O4/c1-2-4(6(9)10)3-5(7)8/h3H,2H2,1H3,(H,7,8)(H,9,10)/p-2/b4-3+. The Morgan fingerprint density at radius 2 is 1.90 bits per heavy atom. The first-order valence-corrected chi connectivity index (χ1v) is 2.70. The summed E-state index contributed by atoms with van der Waals surface area (Å²) in [7, 11) is 0. The smallest absolute Gasteiger partial charge is 0.0675 e. The summed E-state index contributed by atoms with van der Waals surface area (Å²) in [6.07, 6.45) is 0.644. The van der Waals surface area contributed by atoms with Gasteiger partial charge >= 0.3 is 0 Å². The van der Waals surface area contributed by atoms with Gasteiger partial charge in [-0.2, -0.15) is 0 Å². The molecule has 0 aromatic rings. The molecular weight excluding hydrogens is 136 g/mol. The van der Waals surface area contributed by atoms with Gasteiger partial charge in [0.15, 0.2) is 0 Å². The molecule has 0 saturated carbocycles. The van der Waals surface area contributed by atoms with E-state index in [1.54, 1.807) is 0 Å². The molecule has 0 heterocycles. The van der Waals surface area contributed by atoms with E-state index in [-0.39, 0.29) is 12.0 Å². The van der Waals surface area contributed by atoms with Gasteiger partial charge in [0.1, 0.15) is 0 Å². The van der Waals surface area contributed by atoms with E-state index in [0.717, 1.165) is 0 Å². The molecule has 0 fully saturated rings. The Labute approximate surface area is 57.8 Å². The molecule has 0 radical (unpaired) electrons. The van der Waals surface area contributed by atoms with Gasteiger partial charge in [-0.25, -0.2) is 0 Å². The van der Waals surface area contributed by atoms with E-state index in [2.05, 4.69) is 0 Å². The molecule has 0 amide bonds. The van der Waals surface area contributed by atoms with Crippen molar-refractivity contribution in [2.45, 2.75) is 13.3 Å². The van der Waals surface area contributed by atoms with Crippen molar-refractivity contribution in [2.75, 3.05) is 0 Å². The third kappa shape index (κ3) is 2.86. The summed E-state index contributed by atoms with van der Waals surface area (Å²) < 4.78 is 0. The van der Waals surface area contributed by atoms with Gasteiger partial charge in [0.05, 0.1) is 11.9 Å². The van der Waals surface area contributed by atoms with Gasteiger partial charge in [-0.15, -0.1) is 0 Å². The number of hydrogen-bond acceptors (Lipinski definition) is 4. The van der Waals surface area contributed by atoms with Gasteiger partial charge in [-0.05, 0) is 18.1 Å². The summed E-state index contributed by atoms with van der Waals surface area (Å²) in [6, 6.07) is 0. The van der Waals surface area contributed by atoms with Gasteiger partial charge in [0.2, 0.25) is 0 Å². The van der Waals surface area contributed by atoms with Gasteiger partial charge in [0.25, 0.3) is 0 Å². The van der Waals surface area contributed by atoms with Crippen LogP contribution in [0.25, 0.3) is 0 Å². The fraction of sp³-hybridized carbons (Fsp3) is 0.333. The molecule has 0 aliphatic heterocycles. The van der Waals surface area contributed by atoms with Crippen LogP contribution in [-0.2, 0) is 9.59 Å². The molecule has 10 heavy (non-hydrogen) atoms. The topological polar surface area (TPSA) is 80.3 Å². The lowest BCUT2D eigenvalue weighted by Gasteiger charge is -2.04. The summed E-state index contributed by atoms with van der Waals surface area (Å²) >= 11 is 0. The zero-order valence-corrected chi connectivity index (χ0v) is 5.42. The Morgan fingerprint density at radius 1 is 1.40 bits per heavy atom. The second-order valence-corrected chi connectivity index (χ2v) is 1.63. The zero-order valence-electron chi connectivity index (χ0n) is 5.42. The average Bonchev–Trinajstić information content (AvgIpc) is 1.81. The van der Waals surface area contributed by atoms with E-state index in [1.807, 2.05) is 0 Å². The monoisotopic (exact) mass is 142 g/mol. The Bertz CT molecular complexity index is 180. The Balaban J connectivity index is 4.34. The van der Waals surface area contributed by atoms with Gasteiger partial charge in [-0.1, -0.05) is 6.92 Å². The number of carboxylic acid groups (broad SMARTS) is 2. The number of carbonyl (C=O) groups is 2. The maximum Gasteiger partial charge on any atom is 0.0675 e.